The van der Waals surface area contributed by atoms with Gasteiger partial charge in [0.1, 0.15) is 0 Å². The number of amides is 1. The van der Waals surface area contributed by atoms with Crippen molar-refractivity contribution in [1.29, 1.82) is 0 Å². The minimum absolute atomic E-state index is 0.198. The molecule has 0 saturated heterocycles. The predicted molar refractivity (Wildman–Crippen MR) is 132 cm³/mol. The summed E-state index contributed by atoms with van der Waals surface area (Å²) in [6, 6.07) is 23.6. The summed E-state index contributed by atoms with van der Waals surface area (Å²) in [5, 5.41) is 6.01. The average Bonchev–Trinajstić information content (AvgIpc) is 3.18. The van der Waals surface area contributed by atoms with Crippen LogP contribution in [0.4, 0.5) is 5.00 Å². The van der Waals surface area contributed by atoms with Gasteiger partial charge < -0.3 is 5.32 Å². The zero-order valence-electron chi connectivity index (χ0n) is 16.5. The second-order valence-corrected chi connectivity index (χ2v) is 9.42. The molecular formula is C25H15BrClN2O2S+. The van der Waals surface area contributed by atoms with Crippen LogP contribution in [-0.2, 0) is 0 Å². The van der Waals surface area contributed by atoms with Gasteiger partial charge >= 0.3 is 0 Å². The van der Waals surface area contributed by atoms with Gasteiger partial charge in [0, 0.05) is 32.1 Å². The number of aromatic nitrogens is 1. The highest BCUT2D eigenvalue weighted by Gasteiger charge is 2.31. The number of carbonyl (C=O) groups is 2. The van der Waals surface area contributed by atoms with Crippen molar-refractivity contribution in [2.24, 2.45) is 0 Å². The van der Waals surface area contributed by atoms with Crippen LogP contribution < -0.4 is 9.72 Å². The van der Waals surface area contributed by atoms with Crippen molar-refractivity contribution in [3.8, 4) is 0 Å². The molecule has 0 aliphatic heterocycles. The van der Waals surface area contributed by atoms with E-state index in [1.807, 2.05) is 40.9 Å². The average molecular weight is 523 g/mol. The lowest BCUT2D eigenvalue weighted by atomic mass is 10.1. The first-order valence-electron chi connectivity index (χ1n) is 9.75. The molecule has 2 aromatic heterocycles. The molecule has 5 rings (SSSR count). The Morgan fingerprint density at radius 2 is 1.59 bits per heavy atom. The van der Waals surface area contributed by atoms with E-state index in [2.05, 4.69) is 21.2 Å². The summed E-state index contributed by atoms with van der Waals surface area (Å²) in [6.45, 7) is 0. The fourth-order valence-corrected chi connectivity index (χ4v) is 5.36. The number of halogens is 2. The summed E-state index contributed by atoms with van der Waals surface area (Å²) in [6.07, 6.45) is 1.86. The van der Waals surface area contributed by atoms with Crippen LogP contribution in [0.5, 0.6) is 0 Å². The van der Waals surface area contributed by atoms with Crippen molar-refractivity contribution in [2.75, 3.05) is 5.32 Å². The molecule has 0 radical (unpaired) electrons. The Morgan fingerprint density at radius 1 is 0.844 bits per heavy atom. The fraction of sp³-hybridized carbons (Fsp3) is 0. The second kappa shape index (κ2) is 8.47. The van der Waals surface area contributed by atoms with E-state index >= 15 is 0 Å². The number of ketones is 1. The van der Waals surface area contributed by atoms with E-state index in [0.717, 1.165) is 20.1 Å². The lowest BCUT2D eigenvalue weighted by molar-refractivity contribution is -0.508. The van der Waals surface area contributed by atoms with Crippen LogP contribution in [0.15, 0.2) is 89.5 Å². The van der Waals surface area contributed by atoms with Gasteiger partial charge in [0.05, 0.1) is 5.39 Å². The van der Waals surface area contributed by atoms with Crippen LogP contribution in [0, 0.1) is 0 Å². The van der Waals surface area contributed by atoms with Crippen LogP contribution in [0.25, 0.3) is 15.6 Å². The summed E-state index contributed by atoms with van der Waals surface area (Å²) in [5.74, 6) is -0.468. The number of thiazole rings is 1. The van der Waals surface area contributed by atoms with Crippen molar-refractivity contribution in [3.05, 3.63) is 111 Å². The molecule has 0 spiro atoms. The van der Waals surface area contributed by atoms with Gasteiger partial charge in [-0.25, -0.2) is 0 Å². The zero-order chi connectivity index (χ0) is 22.2. The highest BCUT2D eigenvalue weighted by atomic mass is 79.9. The van der Waals surface area contributed by atoms with E-state index < -0.39 is 0 Å². The van der Waals surface area contributed by atoms with E-state index in [9.17, 15) is 9.59 Å². The SMILES string of the molecule is O=C(Nc1sc2c3cccc(Br)c3cc[n+]2c1C(=O)c1ccc(Cl)cc1)c1ccccc1. The summed E-state index contributed by atoms with van der Waals surface area (Å²) >= 11 is 11.0. The number of hydrogen-bond donors (Lipinski definition) is 1. The van der Waals surface area contributed by atoms with Crippen LogP contribution in [0.2, 0.25) is 5.02 Å². The zero-order valence-corrected chi connectivity index (χ0v) is 19.7. The molecule has 0 aliphatic carbocycles. The smallest absolute Gasteiger partial charge is 0.294 e. The molecule has 0 bridgehead atoms. The lowest BCUT2D eigenvalue weighted by Crippen LogP contribution is -2.29. The molecule has 3 aromatic carbocycles. The van der Waals surface area contributed by atoms with Crippen LogP contribution >= 0.6 is 38.9 Å². The Balaban J connectivity index is 1.71. The largest absolute Gasteiger partial charge is 0.308 e. The monoisotopic (exact) mass is 521 g/mol. The number of anilines is 1. The Bertz CT molecular complexity index is 1500. The van der Waals surface area contributed by atoms with Crippen molar-refractivity contribution in [3.63, 3.8) is 0 Å². The Morgan fingerprint density at radius 3 is 2.34 bits per heavy atom. The van der Waals surface area contributed by atoms with Crippen LogP contribution in [-0.4, -0.2) is 11.7 Å². The number of nitrogens with one attached hydrogen (secondary N) is 1. The van der Waals surface area contributed by atoms with Crippen molar-refractivity contribution < 1.29 is 14.0 Å². The van der Waals surface area contributed by atoms with E-state index in [-0.39, 0.29) is 11.7 Å². The quantitative estimate of drug-likeness (QED) is 0.215. The first kappa shape index (κ1) is 20.8. The molecule has 156 valence electrons. The van der Waals surface area contributed by atoms with Gasteiger partial charge in [-0.1, -0.05) is 51.8 Å². The van der Waals surface area contributed by atoms with Crippen molar-refractivity contribution in [2.45, 2.75) is 0 Å². The normalized spacial score (nSPS) is 11.1. The molecule has 5 aromatic rings. The van der Waals surface area contributed by atoms with E-state index in [0.29, 0.717) is 26.8 Å². The third-order valence-corrected chi connectivity index (χ3v) is 7.18. The molecule has 0 fully saturated rings. The Kier molecular flexibility index (Phi) is 5.51. The molecule has 4 nitrogen and oxygen atoms in total. The molecule has 0 atom stereocenters. The van der Waals surface area contributed by atoms with Gasteiger partial charge in [0.2, 0.25) is 0 Å². The third kappa shape index (κ3) is 3.71. The molecule has 7 heteroatoms. The summed E-state index contributed by atoms with van der Waals surface area (Å²) in [5.41, 5.74) is 1.41. The van der Waals surface area contributed by atoms with E-state index in [1.165, 1.54) is 11.3 Å². The standard InChI is InChI=1S/C25H14BrClN2O2S/c26-20-8-4-7-19-18(20)13-14-29-21(22(30)15-9-11-17(27)12-10-15)24(32-25(19)29)28-23(31)16-5-2-1-3-6-16/h1-14H/p+1. The van der Waals surface area contributed by atoms with Crippen molar-refractivity contribution >= 4 is 71.2 Å². The van der Waals surface area contributed by atoms with E-state index in [4.69, 9.17) is 11.6 Å². The molecule has 1 amide bonds. The first-order chi connectivity index (χ1) is 15.5. The van der Waals surface area contributed by atoms with Gasteiger partial charge in [0.25, 0.3) is 22.2 Å². The highest BCUT2D eigenvalue weighted by Crippen LogP contribution is 2.33. The van der Waals surface area contributed by atoms with Gasteiger partial charge in [-0.05, 0) is 59.9 Å². The molecule has 0 aliphatic rings. The van der Waals surface area contributed by atoms with Gasteiger partial charge in [-0.3, -0.25) is 9.59 Å². The van der Waals surface area contributed by atoms with Gasteiger partial charge in [-0.15, -0.1) is 4.40 Å². The minimum Gasteiger partial charge on any atom is -0.308 e. The fourth-order valence-electron chi connectivity index (χ4n) is 3.57. The topological polar surface area (TPSA) is 50.3 Å². The number of pyridine rings is 1. The van der Waals surface area contributed by atoms with Crippen LogP contribution in [0.1, 0.15) is 26.4 Å². The highest BCUT2D eigenvalue weighted by molar-refractivity contribution is 9.10. The Hall–Kier alpha value is -3.06. The minimum atomic E-state index is -0.270. The molecule has 2 heterocycles. The first-order valence-corrected chi connectivity index (χ1v) is 11.7. The lowest BCUT2D eigenvalue weighted by Gasteiger charge is -2.03. The molecular weight excluding hydrogens is 508 g/mol. The summed E-state index contributed by atoms with van der Waals surface area (Å²) in [4.78, 5) is 27.3. The van der Waals surface area contributed by atoms with Crippen molar-refractivity contribution in [1.82, 2.24) is 0 Å². The number of rotatable bonds is 4. The molecule has 1 N–H and O–H groups in total. The number of benzene rings is 3. The molecule has 32 heavy (non-hydrogen) atoms. The summed E-state index contributed by atoms with van der Waals surface area (Å²) < 4.78 is 2.81. The number of fused-ring (bicyclic) bond motifs is 3. The van der Waals surface area contributed by atoms with Crippen LogP contribution in [0.3, 0.4) is 0 Å². The maximum atomic E-state index is 13.6. The molecule has 0 saturated carbocycles. The second-order valence-electron chi connectivity index (χ2n) is 7.13. The number of nitrogens with zero attached hydrogens (tertiary/aromatic N) is 1. The summed E-state index contributed by atoms with van der Waals surface area (Å²) in [7, 11) is 0. The van der Waals surface area contributed by atoms with Gasteiger partial charge in [0.15, 0.2) is 11.2 Å². The van der Waals surface area contributed by atoms with Gasteiger partial charge in [-0.2, -0.15) is 0 Å². The number of hydrogen-bond acceptors (Lipinski definition) is 3. The molecule has 0 unspecified atom stereocenters. The van der Waals surface area contributed by atoms with E-state index in [1.54, 1.807) is 48.5 Å². The number of carbonyl (C=O) groups excluding carboxylic acids is 2. The Labute approximate surface area is 201 Å². The third-order valence-electron chi connectivity index (χ3n) is 5.13. The predicted octanol–water partition coefficient (Wildman–Crippen LogP) is 6.54. The maximum absolute atomic E-state index is 13.6. The maximum Gasteiger partial charge on any atom is 0.294 e.